The third-order valence-electron chi connectivity index (χ3n) is 3.23. The van der Waals surface area contributed by atoms with Gasteiger partial charge in [0, 0.05) is 5.56 Å². The van der Waals surface area contributed by atoms with Gasteiger partial charge in [-0.1, -0.05) is 43.7 Å². The summed E-state index contributed by atoms with van der Waals surface area (Å²) in [4.78, 5) is 20.6. The Morgan fingerprint density at radius 2 is 1.82 bits per heavy atom. The molecule has 0 spiro atoms. The third-order valence-corrected chi connectivity index (χ3v) is 3.23. The summed E-state index contributed by atoms with van der Waals surface area (Å²) >= 11 is 0. The topological polar surface area (TPSA) is 80.9 Å². The molecule has 2 rings (SSSR count). The van der Waals surface area contributed by atoms with Crippen LogP contribution in [0.2, 0.25) is 0 Å². The summed E-state index contributed by atoms with van der Waals surface area (Å²) in [6.45, 7) is 3.72. The first kappa shape index (κ1) is 18.1. The number of amides is 1. The van der Waals surface area contributed by atoms with Gasteiger partial charge in [0.1, 0.15) is 0 Å². The molecule has 118 valence electrons. The zero-order chi connectivity index (χ0) is 15.3. The summed E-state index contributed by atoms with van der Waals surface area (Å²) in [6, 6.07) is 9.67. The van der Waals surface area contributed by atoms with Crippen LogP contribution in [0.25, 0.3) is 11.4 Å². The smallest absolute Gasteiger partial charge is 0.244 e. The van der Waals surface area contributed by atoms with E-state index in [0.717, 1.165) is 12.0 Å². The summed E-state index contributed by atoms with van der Waals surface area (Å²) in [5, 5.41) is 2.76. The van der Waals surface area contributed by atoms with Gasteiger partial charge in [0.15, 0.2) is 5.82 Å². The van der Waals surface area contributed by atoms with Crippen molar-refractivity contribution in [3.63, 3.8) is 0 Å². The number of rotatable bonds is 5. The second-order valence-electron chi connectivity index (χ2n) is 5.28. The summed E-state index contributed by atoms with van der Waals surface area (Å²) < 4.78 is 0. The molecule has 6 heteroatoms. The first-order valence-corrected chi connectivity index (χ1v) is 7.01. The van der Waals surface area contributed by atoms with Gasteiger partial charge in [-0.25, -0.2) is 9.97 Å². The molecule has 0 radical (unpaired) electrons. The number of nitrogens with two attached hydrogens (primary N) is 1. The molecule has 1 amide bonds. The van der Waals surface area contributed by atoms with Crippen LogP contribution in [0.4, 0.5) is 5.69 Å². The lowest BCUT2D eigenvalue weighted by atomic mass is 9.96. The highest BCUT2D eigenvalue weighted by Crippen LogP contribution is 2.16. The standard InChI is InChI=1S/C16H20N4O.ClH/c1-3-9-16(2,17)15(21)20-13-10-18-14(19-11-13)12-7-5-4-6-8-12;/h4-8,10-11H,3,9,17H2,1-2H3,(H,20,21);1H. The van der Waals surface area contributed by atoms with E-state index in [0.29, 0.717) is 17.9 Å². The minimum atomic E-state index is -0.882. The molecule has 0 aliphatic carbocycles. The van der Waals surface area contributed by atoms with E-state index in [9.17, 15) is 4.79 Å². The predicted octanol–water partition coefficient (Wildman–Crippen LogP) is 3.02. The SMILES string of the molecule is CCCC(C)(N)C(=O)Nc1cnc(-c2ccccc2)nc1.Cl. The van der Waals surface area contributed by atoms with Crippen LogP contribution >= 0.6 is 12.4 Å². The lowest BCUT2D eigenvalue weighted by Gasteiger charge is -2.22. The van der Waals surface area contributed by atoms with Crippen molar-refractivity contribution in [2.75, 3.05) is 5.32 Å². The van der Waals surface area contributed by atoms with Crippen molar-refractivity contribution in [1.82, 2.24) is 9.97 Å². The second kappa shape index (κ2) is 7.87. The summed E-state index contributed by atoms with van der Waals surface area (Å²) in [6.07, 6.45) is 4.66. The Morgan fingerprint density at radius 3 is 2.36 bits per heavy atom. The Balaban J connectivity index is 0.00000242. The molecule has 1 unspecified atom stereocenters. The number of nitrogens with one attached hydrogen (secondary N) is 1. The maximum absolute atomic E-state index is 12.1. The fraction of sp³-hybridized carbons (Fsp3) is 0.312. The van der Waals surface area contributed by atoms with Crippen molar-refractivity contribution in [2.24, 2.45) is 5.73 Å². The first-order chi connectivity index (χ1) is 10.0. The van der Waals surface area contributed by atoms with Gasteiger partial charge in [0.25, 0.3) is 0 Å². The van der Waals surface area contributed by atoms with Crippen molar-refractivity contribution in [3.05, 3.63) is 42.7 Å². The van der Waals surface area contributed by atoms with E-state index in [1.54, 1.807) is 19.3 Å². The van der Waals surface area contributed by atoms with Crippen LogP contribution in [0.15, 0.2) is 42.7 Å². The van der Waals surface area contributed by atoms with Gasteiger partial charge in [-0.3, -0.25) is 4.79 Å². The number of aromatic nitrogens is 2. The molecule has 2 aromatic rings. The molecule has 0 aliphatic heterocycles. The molecule has 0 saturated carbocycles. The van der Waals surface area contributed by atoms with E-state index in [2.05, 4.69) is 15.3 Å². The van der Waals surface area contributed by atoms with Crippen LogP contribution in [-0.4, -0.2) is 21.4 Å². The molecule has 5 nitrogen and oxygen atoms in total. The lowest BCUT2D eigenvalue weighted by Crippen LogP contribution is -2.48. The molecule has 1 heterocycles. The highest BCUT2D eigenvalue weighted by molar-refractivity contribution is 5.97. The number of nitrogens with zero attached hydrogens (tertiary/aromatic N) is 2. The van der Waals surface area contributed by atoms with E-state index in [-0.39, 0.29) is 18.3 Å². The third kappa shape index (κ3) is 4.51. The van der Waals surface area contributed by atoms with Crippen molar-refractivity contribution < 1.29 is 4.79 Å². The van der Waals surface area contributed by atoms with Gasteiger partial charge in [0.2, 0.25) is 5.91 Å². The van der Waals surface area contributed by atoms with Crippen molar-refractivity contribution in [1.29, 1.82) is 0 Å². The second-order valence-corrected chi connectivity index (χ2v) is 5.28. The van der Waals surface area contributed by atoms with E-state index >= 15 is 0 Å². The Labute approximate surface area is 136 Å². The van der Waals surface area contributed by atoms with Gasteiger partial charge in [-0.05, 0) is 13.3 Å². The molecule has 0 fully saturated rings. The number of carbonyl (C=O) groups excluding carboxylic acids is 1. The summed E-state index contributed by atoms with van der Waals surface area (Å²) in [5.41, 5.74) is 6.59. The monoisotopic (exact) mass is 320 g/mol. The first-order valence-electron chi connectivity index (χ1n) is 7.01. The molecule has 1 atom stereocenters. The van der Waals surface area contributed by atoms with Crippen LogP contribution in [-0.2, 0) is 4.79 Å². The quantitative estimate of drug-likeness (QED) is 0.887. The summed E-state index contributed by atoms with van der Waals surface area (Å²) in [7, 11) is 0. The Bertz CT molecular complexity index is 599. The average molecular weight is 321 g/mol. The molecule has 22 heavy (non-hydrogen) atoms. The molecule has 1 aromatic heterocycles. The molecular weight excluding hydrogens is 300 g/mol. The number of carbonyl (C=O) groups is 1. The predicted molar refractivity (Wildman–Crippen MR) is 90.8 cm³/mol. The van der Waals surface area contributed by atoms with E-state index in [1.807, 2.05) is 37.3 Å². The Kier molecular flexibility index (Phi) is 6.46. The van der Waals surface area contributed by atoms with Crippen LogP contribution < -0.4 is 11.1 Å². The zero-order valence-electron chi connectivity index (χ0n) is 12.7. The molecule has 0 aliphatic rings. The van der Waals surface area contributed by atoms with Gasteiger partial charge in [-0.15, -0.1) is 12.4 Å². The minimum absolute atomic E-state index is 0. The normalized spacial score (nSPS) is 12.9. The maximum Gasteiger partial charge on any atom is 0.244 e. The van der Waals surface area contributed by atoms with Crippen LogP contribution in [0.5, 0.6) is 0 Å². The van der Waals surface area contributed by atoms with Gasteiger partial charge >= 0.3 is 0 Å². The molecular formula is C16H21ClN4O. The van der Waals surface area contributed by atoms with Crippen LogP contribution in [0.3, 0.4) is 0 Å². The zero-order valence-corrected chi connectivity index (χ0v) is 13.6. The number of hydrogen-bond donors (Lipinski definition) is 2. The highest BCUT2D eigenvalue weighted by Gasteiger charge is 2.27. The number of hydrogen-bond acceptors (Lipinski definition) is 4. The lowest BCUT2D eigenvalue weighted by molar-refractivity contribution is -0.120. The maximum atomic E-state index is 12.1. The number of benzene rings is 1. The van der Waals surface area contributed by atoms with Gasteiger partial charge in [-0.2, -0.15) is 0 Å². The molecule has 0 bridgehead atoms. The fourth-order valence-corrected chi connectivity index (χ4v) is 2.04. The summed E-state index contributed by atoms with van der Waals surface area (Å²) in [5.74, 6) is 0.401. The van der Waals surface area contributed by atoms with E-state index in [4.69, 9.17) is 5.73 Å². The van der Waals surface area contributed by atoms with Crippen molar-refractivity contribution >= 4 is 24.0 Å². The molecule has 3 N–H and O–H groups in total. The average Bonchev–Trinajstić information content (AvgIpc) is 2.49. The molecule has 0 saturated heterocycles. The minimum Gasteiger partial charge on any atom is -0.322 e. The van der Waals surface area contributed by atoms with Crippen LogP contribution in [0.1, 0.15) is 26.7 Å². The Hall–Kier alpha value is -1.98. The van der Waals surface area contributed by atoms with Crippen molar-refractivity contribution in [2.45, 2.75) is 32.2 Å². The fourth-order valence-electron chi connectivity index (χ4n) is 2.04. The van der Waals surface area contributed by atoms with Crippen LogP contribution in [0, 0.1) is 0 Å². The highest BCUT2D eigenvalue weighted by atomic mass is 35.5. The van der Waals surface area contributed by atoms with Gasteiger partial charge in [0.05, 0.1) is 23.6 Å². The van der Waals surface area contributed by atoms with E-state index < -0.39 is 5.54 Å². The van der Waals surface area contributed by atoms with Gasteiger partial charge < -0.3 is 11.1 Å². The largest absolute Gasteiger partial charge is 0.322 e. The van der Waals surface area contributed by atoms with Crippen molar-refractivity contribution in [3.8, 4) is 11.4 Å². The Morgan fingerprint density at radius 1 is 1.23 bits per heavy atom. The van der Waals surface area contributed by atoms with E-state index in [1.165, 1.54) is 0 Å². The number of anilines is 1. The molecule has 1 aromatic carbocycles. The number of halogens is 1.